The predicted octanol–water partition coefficient (Wildman–Crippen LogP) is 5.43. The molecule has 9 heteroatoms. The Morgan fingerprint density at radius 2 is 1.68 bits per heavy atom. The van der Waals surface area contributed by atoms with Crippen molar-refractivity contribution in [3.8, 4) is 16.9 Å². The molecule has 2 aromatic heterocycles. The van der Waals surface area contributed by atoms with Crippen molar-refractivity contribution < 1.29 is 19.1 Å². The van der Waals surface area contributed by atoms with E-state index in [-0.39, 0.29) is 23.1 Å². The lowest BCUT2D eigenvalue weighted by Crippen LogP contribution is -2.21. The van der Waals surface area contributed by atoms with Gasteiger partial charge in [0, 0.05) is 25.9 Å². The van der Waals surface area contributed by atoms with Crippen molar-refractivity contribution in [2.24, 2.45) is 0 Å². The fraction of sp³-hybridized carbons (Fsp3) is 0.214. The number of anilines is 1. The number of benzene rings is 2. The van der Waals surface area contributed by atoms with Gasteiger partial charge in [0.25, 0.3) is 11.8 Å². The first kappa shape index (κ1) is 25.8. The van der Waals surface area contributed by atoms with Crippen LogP contribution in [0.1, 0.15) is 49.3 Å². The molecule has 2 heterocycles. The molecule has 4 rings (SSSR count). The molecule has 0 aliphatic carbocycles. The lowest BCUT2D eigenvalue weighted by molar-refractivity contribution is 0.0506. The van der Waals surface area contributed by atoms with Crippen molar-refractivity contribution >= 4 is 34.1 Å². The fourth-order valence-electron chi connectivity index (χ4n) is 3.75. The van der Waals surface area contributed by atoms with Crippen molar-refractivity contribution in [3.05, 3.63) is 88.4 Å². The lowest BCUT2D eigenvalue weighted by atomic mass is 10.1. The zero-order chi connectivity index (χ0) is 26.5. The number of nitrogens with one attached hydrogen (secondary N) is 1. The zero-order valence-corrected chi connectivity index (χ0v) is 22.0. The first-order valence-electron chi connectivity index (χ1n) is 11.9. The minimum Gasteiger partial charge on any atom is -0.462 e. The molecule has 1 N–H and O–H groups in total. The topological polar surface area (TPSA) is 93.5 Å². The summed E-state index contributed by atoms with van der Waals surface area (Å²) in [5.41, 5.74) is 3.06. The molecule has 0 spiro atoms. The number of carbonyl (C=O) groups excluding carboxylic acids is 3. The van der Waals surface area contributed by atoms with Crippen molar-refractivity contribution in [2.75, 3.05) is 26.0 Å². The quantitative estimate of drug-likeness (QED) is 0.315. The minimum absolute atomic E-state index is 0.189. The summed E-state index contributed by atoms with van der Waals surface area (Å²) in [6.45, 7) is 3.82. The molecule has 0 saturated carbocycles. The van der Waals surface area contributed by atoms with Gasteiger partial charge in [-0.25, -0.2) is 9.48 Å². The number of esters is 1. The Hall–Kier alpha value is -4.24. The molecule has 2 aromatic carbocycles. The van der Waals surface area contributed by atoms with E-state index in [0.717, 1.165) is 22.6 Å². The third-order valence-electron chi connectivity index (χ3n) is 5.64. The van der Waals surface area contributed by atoms with E-state index in [1.54, 1.807) is 31.9 Å². The summed E-state index contributed by atoms with van der Waals surface area (Å²) < 4.78 is 7.02. The Morgan fingerprint density at radius 1 is 1.03 bits per heavy atom. The van der Waals surface area contributed by atoms with Crippen molar-refractivity contribution in [2.45, 2.75) is 20.3 Å². The molecule has 0 fully saturated rings. The van der Waals surface area contributed by atoms with E-state index < -0.39 is 11.9 Å². The molecular weight excluding hydrogens is 488 g/mol. The summed E-state index contributed by atoms with van der Waals surface area (Å²) in [5, 5.41) is 7.83. The van der Waals surface area contributed by atoms with Crippen LogP contribution in [-0.4, -0.2) is 53.2 Å². The Labute approximate surface area is 219 Å². The third kappa shape index (κ3) is 5.46. The van der Waals surface area contributed by atoms with Gasteiger partial charge >= 0.3 is 5.97 Å². The average molecular weight is 517 g/mol. The van der Waals surface area contributed by atoms with Crippen LogP contribution >= 0.6 is 11.3 Å². The first-order chi connectivity index (χ1) is 17.8. The second-order valence-electron chi connectivity index (χ2n) is 8.59. The lowest BCUT2D eigenvalue weighted by Gasteiger charge is -2.09. The van der Waals surface area contributed by atoms with Crippen LogP contribution in [0.4, 0.5) is 5.00 Å². The van der Waals surface area contributed by atoms with Gasteiger partial charge in [-0.3, -0.25) is 9.59 Å². The highest BCUT2D eigenvalue weighted by atomic mass is 32.1. The average Bonchev–Trinajstić information content (AvgIpc) is 3.49. The summed E-state index contributed by atoms with van der Waals surface area (Å²) >= 11 is 1.06. The summed E-state index contributed by atoms with van der Waals surface area (Å²) in [6.07, 6.45) is 2.31. The van der Waals surface area contributed by atoms with E-state index in [2.05, 4.69) is 5.32 Å². The highest BCUT2D eigenvalue weighted by Crippen LogP contribution is 2.35. The number of hydrogen-bond acceptors (Lipinski definition) is 6. The van der Waals surface area contributed by atoms with E-state index in [9.17, 15) is 14.4 Å². The Bertz CT molecular complexity index is 1430. The van der Waals surface area contributed by atoms with E-state index in [1.807, 2.05) is 67.6 Å². The van der Waals surface area contributed by atoms with Crippen molar-refractivity contribution in [3.63, 3.8) is 0 Å². The molecule has 0 aliphatic heterocycles. The normalized spacial score (nSPS) is 10.7. The first-order valence-corrected chi connectivity index (χ1v) is 12.7. The molecule has 0 atom stereocenters. The molecule has 190 valence electrons. The standard InChI is InChI=1S/C28H28N4O4S/c1-5-16-36-28(35)22-18(2)24(27(34)31(3)4)37-26(22)29-25(33)21-17-32(20-14-10-7-11-15-20)30-23(21)19-12-8-6-9-13-19/h6-15,17H,5,16H2,1-4H3,(H,29,33). The number of amides is 2. The number of para-hydroxylation sites is 1. The Morgan fingerprint density at radius 3 is 2.30 bits per heavy atom. The van der Waals surface area contributed by atoms with Crippen LogP contribution in [0.5, 0.6) is 0 Å². The zero-order valence-electron chi connectivity index (χ0n) is 21.1. The number of aromatic nitrogens is 2. The van der Waals surface area contributed by atoms with E-state index in [4.69, 9.17) is 9.84 Å². The van der Waals surface area contributed by atoms with Gasteiger partial charge in [0.2, 0.25) is 0 Å². The molecular formula is C28H28N4O4S. The van der Waals surface area contributed by atoms with E-state index in [0.29, 0.717) is 28.1 Å². The second kappa shape index (κ2) is 11.2. The van der Waals surface area contributed by atoms with Crippen molar-refractivity contribution in [1.82, 2.24) is 14.7 Å². The summed E-state index contributed by atoms with van der Waals surface area (Å²) in [6, 6.07) is 18.9. The maximum Gasteiger partial charge on any atom is 0.341 e. The third-order valence-corrected chi connectivity index (χ3v) is 6.84. The monoisotopic (exact) mass is 516 g/mol. The van der Waals surface area contributed by atoms with Crippen LogP contribution in [0.3, 0.4) is 0 Å². The molecule has 0 unspecified atom stereocenters. The highest BCUT2D eigenvalue weighted by Gasteiger charge is 2.29. The van der Waals surface area contributed by atoms with Crippen molar-refractivity contribution in [1.29, 1.82) is 0 Å². The van der Waals surface area contributed by atoms with Crippen LogP contribution < -0.4 is 5.32 Å². The maximum absolute atomic E-state index is 13.7. The van der Waals surface area contributed by atoms with Gasteiger partial charge in [0.1, 0.15) is 10.7 Å². The van der Waals surface area contributed by atoms with E-state index in [1.165, 1.54) is 4.90 Å². The van der Waals surface area contributed by atoms with Crippen LogP contribution in [0.25, 0.3) is 16.9 Å². The molecule has 8 nitrogen and oxygen atoms in total. The van der Waals surface area contributed by atoms with Gasteiger partial charge in [-0.1, -0.05) is 55.5 Å². The number of carbonyl (C=O) groups is 3. The van der Waals surface area contributed by atoms with Gasteiger partial charge in [-0.15, -0.1) is 11.3 Å². The van der Waals surface area contributed by atoms with Crippen LogP contribution in [0, 0.1) is 6.92 Å². The van der Waals surface area contributed by atoms with Gasteiger partial charge in [0.15, 0.2) is 0 Å². The molecule has 0 saturated heterocycles. The number of thiophene rings is 1. The van der Waals surface area contributed by atoms with Crippen LogP contribution in [-0.2, 0) is 4.74 Å². The summed E-state index contributed by atoms with van der Waals surface area (Å²) in [7, 11) is 3.28. The van der Waals surface area contributed by atoms with E-state index >= 15 is 0 Å². The molecule has 37 heavy (non-hydrogen) atoms. The predicted molar refractivity (Wildman–Crippen MR) is 145 cm³/mol. The van der Waals surface area contributed by atoms with Crippen LogP contribution in [0.15, 0.2) is 66.9 Å². The molecule has 0 radical (unpaired) electrons. The second-order valence-corrected chi connectivity index (χ2v) is 9.61. The SMILES string of the molecule is CCCOC(=O)c1c(NC(=O)c2cn(-c3ccccc3)nc2-c2ccccc2)sc(C(=O)N(C)C)c1C. The summed E-state index contributed by atoms with van der Waals surface area (Å²) in [4.78, 5) is 41.2. The van der Waals surface area contributed by atoms with Gasteiger partial charge < -0.3 is 15.0 Å². The maximum atomic E-state index is 13.7. The molecule has 0 aliphatic rings. The molecule has 4 aromatic rings. The fourth-order valence-corrected chi connectivity index (χ4v) is 4.97. The number of ether oxygens (including phenoxy) is 1. The summed E-state index contributed by atoms with van der Waals surface area (Å²) in [5.74, 6) is -1.28. The van der Waals surface area contributed by atoms with Gasteiger partial charge in [0.05, 0.1) is 28.3 Å². The Balaban J connectivity index is 1.77. The number of hydrogen-bond donors (Lipinski definition) is 1. The van der Waals surface area contributed by atoms with Gasteiger partial charge in [-0.2, -0.15) is 5.10 Å². The molecule has 0 bridgehead atoms. The smallest absolute Gasteiger partial charge is 0.341 e. The number of nitrogens with zero attached hydrogens (tertiary/aromatic N) is 3. The van der Waals surface area contributed by atoms with Crippen LogP contribution in [0.2, 0.25) is 0 Å². The largest absolute Gasteiger partial charge is 0.462 e. The molecule has 2 amide bonds. The van der Waals surface area contributed by atoms with Gasteiger partial charge in [-0.05, 0) is 31.0 Å². The minimum atomic E-state index is -0.577. The number of rotatable bonds is 8. The highest BCUT2D eigenvalue weighted by molar-refractivity contribution is 7.18. The Kier molecular flexibility index (Phi) is 7.83.